The molecule has 7 heteroatoms. The molecule has 1 aromatic carbocycles. The number of fused-ring (bicyclic) bond motifs is 1. The van der Waals surface area contributed by atoms with Crippen LogP contribution in [0.1, 0.15) is 18.4 Å². The molecule has 1 N–H and O–H groups in total. The minimum atomic E-state index is -0.560. The highest BCUT2D eigenvalue weighted by molar-refractivity contribution is 9.10. The van der Waals surface area contributed by atoms with Gasteiger partial charge in [0.25, 0.3) is 5.56 Å². The quantitative estimate of drug-likeness (QED) is 0.756. The van der Waals surface area contributed by atoms with Gasteiger partial charge in [-0.1, -0.05) is 15.9 Å². The highest BCUT2D eigenvalue weighted by atomic mass is 79.9. The van der Waals surface area contributed by atoms with Gasteiger partial charge in [0, 0.05) is 23.3 Å². The Kier molecular flexibility index (Phi) is 2.72. The van der Waals surface area contributed by atoms with Gasteiger partial charge in [0.2, 0.25) is 0 Å². The Balaban J connectivity index is 2.04. The van der Waals surface area contributed by atoms with Crippen LogP contribution in [0.2, 0.25) is 0 Å². The van der Waals surface area contributed by atoms with Crippen molar-refractivity contribution in [3.05, 3.63) is 61.5 Å². The molecule has 4 rings (SSSR count). The summed E-state index contributed by atoms with van der Waals surface area (Å²) in [6.07, 6.45) is 5.12. The van der Waals surface area contributed by atoms with Crippen LogP contribution in [0.3, 0.4) is 0 Å². The molecule has 0 aliphatic heterocycles. The average Bonchev–Trinajstić information content (AvgIpc) is 3.14. The third-order valence-electron chi connectivity index (χ3n) is 4.25. The summed E-state index contributed by atoms with van der Waals surface area (Å²) in [7, 11) is 1.82. The molecule has 3 aromatic rings. The molecular formula is C15H13BrN4O2. The van der Waals surface area contributed by atoms with Crippen LogP contribution in [-0.2, 0) is 12.6 Å². The lowest BCUT2D eigenvalue weighted by Gasteiger charge is -2.16. The number of hydrogen-bond donors (Lipinski definition) is 1. The Morgan fingerprint density at radius 1 is 1.32 bits per heavy atom. The molecule has 0 unspecified atom stereocenters. The smallest absolute Gasteiger partial charge is 0.307 e. The van der Waals surface area contributed by atoms with E-state index in [1.54, 1.807) is 29.1 Å². The highest BCUT2D eigenvalue weighted by Gasteiger charge is 2.49. The van der Waals surface area contributed by atoms with Gasteiger partial charge in [-0.3, -0.25) is 9.48 Å². The van der Waals surface area contributed by atoms with Crippen molar-refractivity contribution in [2.75, 3.05) is 0 Å². The summed E-state index contributed by atoms with van der Waals surface area (Å²) >= 11 is 3.37. The summed E-state index contributed by atoms with van der Waals surface area (Å²) in [6, 6.07) is 5.27. The van der Waals surface area contributed by atoms with E-state index in [0.717, 1.165) is 22.9 Å². The first-order chi connectivity index (χ1) is 10.5. The number of aromatic nitrogens is 4. The number of halogens is 1. The number of benzene rings is 1. The fraction of sp³-hybridized carbons (Fsp3) is 0.267. The van der Waals surface area contributed by atoms with E-state index in [4.69, 9.17) is 0 Å². The molecule has 1 aliphatic rings. The molecule has 1 aliphatic carbocycles. The summed E-state index contributed by atoms with van der Waals surface area (Å²) in [5, 5.41) is 4.67. The molecule has 0 spiro atoms. The van der Waals surface area contributed by atoms with Gasteiger partial charge in [-0.2, -0.15) is 5.10 Å². The number of aromatic amines is 1. The van der Waals surface area contributed by atoms with Gasteiger partial charge in [0.05, 0.1) is 22.6 Å². The number of nitrogens with zero attached hydrogens (tertiary/aromatic N) is 3. The molecule has 1 saturated carbocycles. The Bertz CT molecular complexity index is 1010. The van der Waals surface area contributed by atoms with E-state index in [-0.39, 0.29) is 11.2 Å². The van der Waals surface area contributed by atoms with E-state index in [0.29, 0.717) is 10.9 Å². The Morgan fingerprint density at radius 2 is 2.09 bits per heavy atom. The van der Waals surface area contributed by atoms with Crippen LogP contribution in [-0.4, -0.2) is 19.3 Å². The van der Waals surface area contributed by atoms with Gasteiger partial charge < -0.3 is 4.98 Å². The first-order valence-corrected chi connectivity index (χ1v) is 7.75. The maximum atomic E-state index is 12.9. The third kappa shape index (κ3) is 1.81. The highest BCUT2D eigenvalue weighted by Crippen LogP contribution is 2.47. The zero-order valence-corrected chi connectivity index (χ0v) is 13.4. The summed E-state index contributed by atoms with van der Waals surface area (Å²) in [5.74, 6) is 0. The fourth-order valence-corrected chi connectivity index (χ4v) is 3.36. The summed E-state index contributed by atoms with van der Waals surface area (Å²) in [5.41, 5.74) is 0.256. The van der Waals surface area contributed by atoms with Gasteiger partial charge in [0.1, 0.15) is 0 Å². The van der Waals surface area contributed by atoms with Crippen LogP contribution in [0.4, 0.5) is 0 Å². The zero-order chi connectivity index (χ0) is 15.5. The molecule has 0 radical (unpaired) electrons. The fourth-order valence-electron chi connectivity index (χ4n) is 3.00. The molecule has 6 nitrogen and oxygen atoms in total. The summed E-state index contributed by atoms with van der Waals surface area (Å²) in [6.45, 7) is 0. The van der Waals surface area contributed by atoms with Gasteiger partial charge in [-0.15, -0.1) is 0 Å². The molecule has 0 atom stereocenters. The number of nitrogens with one attached hydrogen (secondary N) is 1. The second-order valence-electron chi connectivity index (χ2n) is 5.69. The first-order valence-electron chi connectivity index (χ1n) is 6.95. The predicted molar refractivity (Wildman–Crippen MR) is 86.0 cm³/mol. The van der Waals surface area contributed by atoms with E-state index >= 15 is 0 Å². The Labute approximate surface area is 133 Å². The average molecular weight is 361 g/mol. The van der Waals surface area contributed by atoms with Crippen LogP contribution in [0.5, 0.6) is 0 Å². The predicted octanol–water partition coefficient (Wildman–Crippen LogP) is 1.72. The monoisotopic (exact) mass is 360 g/mol. The molecule has 0 amide bonds. The van der Waals surface area contributed by atoms with Crippen LogP contribution in [0.25, 0.3) is 10.9 Å². The van der Waals surface area contributed by atoms with E-state index in [9.17, 15) is 9.59 Å². The molecule has 0 saturated heterocycles. The summed E-state index contributed by atoms with van der Waals surface area (Å²) in [4.78, 5) is 28.1. The molecular weight excluding hydrogens is 348 g/mol. The number of hydrogen-bond acceptors (Lipinski definition) is 3. The lowest BCUT2D eigenvalue weighted by atomic mass is 10.1. The largest absolute Gasteiger partial charge is 0.329 e. The molecule has 112 valence electrons. The van der Waals surface area contributed by atoms with Gasteiger partial charge in [0.15, 0.2) is 0 Å². The molecule has 1 fully saturated rings. The van der Waals surface area contributed by atoms with Crippen molar-refractivity contribution in [2.45, 2.75) is 18.4 Å². The van der Waals surface area contributed by atoms with Crippen molar-refractivity contribution in [2.24, 2.45) is 7.05 Å². The van der Waals surface area contributed by atoms with Gasteiger partial charge in [-0.05, 0) is 31.0 Å². The van der Waals surface area contributed by atoms with Crippen molar-refractivity contribution in [3.8, 4) is 0 Å². The van der Waals surface area contributed by atoms with Crippen LogP contribution >= 0.6 is 15.9 Å². The van der Waals surface area contributed by atoms with Crippen molar-refractivity contribution in [3.63, 3.8) is 0 Å². The van der Waals surface area contributed by atoms with E-state index in [1.807, 2.05) is 13.2 Å². The lowest BCUT2D eigenvalue weighted by molar-refractivity contribution is 0.526. The third-order valence-corrected chi connectivity index (χ3v) is 4.75. The number of H-pyrrole nitrogens is 1. The van der Waals surface area contributed by atoms with Crippen LogP contribution < -0.4 is 11.2 Å². The van der Waals surface area contributed by atoms with Crippen molar-refractivity contribution < 1.29 is 0 Å². The molecule has 0 bridgehead atoms. The summed E-state index contributed by atoms with van der Waals surface area (Å²) < 4.78 is 3.84. The topological polar surface area (TPSA) is 72.7 Å². The minimum absolute atomic E-state index is 0.263. The maximum Gasteiger partial charge on any atom is 0.329 e. The Morgan fingerprint density at radius 3 is 2.73 bits per heavy atom. The SMILES string of the molecule is Cn1cc(C2(n3c(=O)[nH]c4ccc(Br)cc4c3=O)CC2)cn1. The lowest BCUT2D eigenvalue weighted by Crippen LogP contribution is -2.42. The van der Waals surface area contributed by atoms with Crippen LogP contribution in [0, 0.1) is 0 Å². The van der Waals surface area contributed by atoms with Crippen molar-refractivity contribution in [1.29, 1.82) is 0 Å². The maximum absolute atomic E-state index is 12.9. The number of aryl methyl sites for hydroxylation is 1. The minimum Gasteiger partial charge on any atom is -0.307 e. The van der Waals surface area contributed by atoms with Gasteiger partial charge >= 0.3 is 5.69 Å². The first kappa shape index (κ1) is 13.5. The van der Waals surface area contributed by atoms with E-state index in [2.05, 4.69) is 26.0 Å². The second kappa shape index (κ2) is 4.42. The number of rotatable bonds is 2. The standard InChI is InChI=1S/C15H13BrN4O2/c1-19-8-9(7-17-19)15(4-5-15)20-13(21)11-6-10(16)2-3-12(11)18-14(20)22/h2-3,6-8H,4-5H2,1H3,(H,18,22). The molecule has 2 heterocycles. The second-order valence-corrected chi connectivity index (χ2v) is 6.61. The van der Waals surface area contributed by atoms with E-state index in [1.165, 1.54) is 4.57 Å². The van der Waals surface area contributed by atoms with Gasteiger partial charge in [-0.25, -0.2) is 9.36 Å². The molecule has 2 aromatic heterocycles. The normalized spacial score (nSPS) is 16.1. The zero-order valence-electron chi connectivity index (χ0n) is 11.8. The van der Waals surface area contributed by atoms with Crippen molar-refractivity contribution in [1.82, 2.24) is 19.3 Å². The van der Waals surface area contributed by atoms with Crippen molar-refractivity contribution >= 4 is 26.8 Å². The van der Waals surface area contributed by atoms with Crippen LogP contribution in [0.15, 0.2) is 44.7 Å². The molecule has 22 heavy (non-hydrogen) atoms. The Hall–Kier alpha value is -2.15. The van der Waals surface area contributed by atoms with E-state index < -0.39 is 5.54 Å².